The van der Waals surface area contributed by atoms with Gasteiger partial charge in [-0.15, -0.1) is 0 Å². The standard InChI is InChI=1S/C22H22N2O6/c1-14(21(26)23-16-5-3-2-4-6-16)30-22(27)15-11-20(25)24(13-15)17-7-8-18-19(12-17)29-10-9-28-18/h2-8,12,14-15H,9-11,13H2,1H3,(H,23,26)/t14-,15-/m1/s1. The van der Waals surface area contributed by atoms with Gasteiger partial charge in [0, 0.05) is 30.4 Å². The van der Waals surface area contributed by atoms with Crippen LogP contribution in [-0.2, 0) is 19.1 Å². The van der Waals surface area contributed by atoms with Crippen molar-refractivity contribution in [3.63, 3.8) is 0 Å². The number of nitrogens with zero attached hydrogens (tertiary/aromatic N) is 1. The van der Waals surface area contributed by atoms with Crippen molar-refractivity contribution in [1.82, 2.24) is 0 Å². The van der Waals surface area contributed by atoms with E-state index in [9.17, 15) is 14.4 Å². The highest BCUT2D eigenvalue weighted by atomic mass is 16.6. The van der Waals surface area contributed by atoms with Crippen molar-refractivity contribution in [2.45, 2.75) is 19.4 Å². The van der Waals surface area contributed by atoms with E-state index in [0.717, 1.165) is 0 Å². The van der Waals surface area contributed by atoms with Gasteiger partial charge in [0.15, 0.2) is 17.6 Å². The molecule has 0 radical (unpaired) electrons. The van der Waals surface area contributed by atoms with E-state index >= 15 is 0 Å². The van der Waals surface area contributed by atoms with Crippen LogP contribution in [0.5, 0.6) is 11.5 Å². The highest BCUT2D eigenvalue weighted by Gasteiger charge is 2.37. The molecule has 30 heavy (non-hydrogen) atoms. The average molecular weight is 410 g/mol. The summed E-state index contributed by atoms with van der Waals surface area (Å²) in [6.07, 6.45) is -0.948. The average Bonchev–Trinajstić information content (AvgIpc) is 3.16. The molecular weight excluding hydrogens is 388 g/mol. The van der Waals surface area contributed by atoms with Crippen molar-refractivity contribution in [2.75, 3.05) is 30.0 Å². The summed E-state index contributed by atoms with van der Waals surface area (Å²) in [5.41, 5.74) is 1.25. The van der Waals surface area contributed by atoms with Crippen molar-refractivity contribution in [3.05, 3.63) is 48.5 Å². The summed E-state index contributed by atoms with van der Waals surface area (Å²) in [6.45, 7) is 2.62. The number of hydrogen-bond acceptors (Lipinski definition) is 6. The summed E-state index contributed by atoms with van der Waals surface area (Å²) < 4.78 is 16.4. The molecule has 0 spiro atoms. The topological polar surface area (TPSA) is 94.2 Å². The van der Waals surface area contributed by atoms with Crippen molar-refractivity contribution in [3.8, 4) is 11.5 Å². The monoisotopic (exact) mass is 410 g/mol. The maximum absolute atomic E-state index is 12.5. The lowest BCUT2D eigenvalue weighted by molar-refractivity contribution is -0.157. The number of amides is 2. The molecule has 2 heterocycles. The number of carbonyl (C=O) groups excluding carboxylic acids is 3. The fourth-order valence-electron chi connectivity index (χ4n) is 3.40. The zero-order valence-electron chi connectivity index (χ0n) is 16.5. The third-order valence-corrected chi connectivity index (χ3v) is 5.00. The summed E-state index contributed by atoms with van der Waals surface area (Å²) in [5, 5.41) is 2.69. The Morgan fingerprint density at radius 2 is 1.83 bits per heavy atom. The quantitative estimate of drug-likeness (QED) is 0.761. The molecule has 0 bridgehead atoms. The van der Waals surface area contributed by atoms with E-state index in [0.29, 0.717) is 36.1 Å². The van der Waals surface area contributed by atoms with E-state index < -0.39 is 23.9 Å². The van der Waals surface area contributed by atoms with E-state index in [4.69, 9.17) is 14.2 Å². The zero-order chi connectivity index (χ0) is 21.1. The minimum absolute atomic E-state index is 0.0281. The Balaban J connectivity index is 1.36. The highest BCUT2D eigenvalue weighted by Crippen LogP contribution is 2.36. The van der Waals surface area contributed by atoms with Gasteiger partial charge in [0.2, 0.25) is 5.91 Å². The van der Waals surface area contributed by atoms with Gasteiger partial charge in [0.25, 0.3) is 5.91 Å². The maximum Gasteiger partial charge on any atom is 0.312 e. The van der Waals surface area contributed by atoms with Gasteiger partial charge in [0.05, 0.1) is 5.92 Å². The number of nitrogens with one attached hydrogen (secondary N) is 1. The molecule has 1 saturated heterocycles. The molecule has 1 fully saturated rings. The lowest BCUT2D eigenvalue weighted by atomic mass is 10.1. The van der Waals surface area contributed by atoms with Crippen LogP contribution in [-0.4, -0.2) is 43.6 Å². The molecule has 2 aliphatic heterocycles. The predicted octanol–water partition coefficient (Wildman–Crippen LogP) is 2.38. The number of hydrogen-bond donors (Lipinski definition) is 1. The maximum atomic E-state index is 12.5. The molecule has 0 aliphatic carbocycles. The summed E-state index contributed by atoms with van der Waals surface area (Å²) in [7, 11) is 0. The van der Waals surface area contributed by atoms with E-state index in [2.05, 4.69) is 5.32 Å². The van der Waals surface area contributed by atoms with Crippen LogP contribution >= 0.6 is 0 Å². The molecule has 156 valence electrons. The molecule has 4 rings (SSSR count). The van der Waals surface area contributed by atoms with Gasteiger partial charge in [-0.05, 0) is 31.2 Å². The van der Waals surface area contributed by atoms with E-state index in [-0.39, 0.29) is 18.9 Å². The molecule has 2 aromatic carbocycles. The Hall–Kier alpha value is -3.55. The Kier molecular flexibility index (Phi) is 5.56. The largest absolute Gasteiger partial charge is 0.486 e. The molecule has 8 nitrogen and oxygen atoms in total. The highest BCUT2D eigenvalue weighted by molar-refractivity contribution is 6.00. The van der Waals surface area contributed by atoms with Crippen LogP contribution < -0.4 is 19.7 Å². The second-order valence-corrected chi connectivity index (χ2v) is 7.17. The first-order chi connectivity index (χ1) is 14.5. The van der Waals surface area contributed by atoms with Gasteiger partial charge in [-0.25, -0.2) is 0 Å². The number of ether oxygens (including phenoxy) is 3. The number of fused-ring (bicyclic) bond motifs is 1. The van der Waals surface area contributed by atoms with Crippen LogP contribution in [0.4, 0.5) is 11.4 Å². The van der Waals surface area contributed by atoms with Crippen LogP contribution in [0.3, 0.4) is 0 Å². The molecular formula is C22H22N2O6. The van der Waals surface area contributed by atoms with Gasteiger partial charge in [-0.1, -0.05) is 18.2 Å². The molecule has 2 atom stereocenters. The van der Waals surface area contributed by atoms with E-state index in [1.165, 1.54) is 11.8 Å². The second kappa shape index (κ2) is 8.44. The minimum Gasteiger partial charge on any atom is -0.486 e. The first-order valence-electron chi connectivity index (χ1n) is 9.77. The number of esters is 1. The summed E-state index contributed by atoms with van der Waals surface area (Å²) in [5.74, 6) is -0.621. The SMILES string of the molecule is C[C@@H](OC(=O)[C@@H]1CC(=O)N(c2ccc3c(c2)OCCO3)C1)C(=O)Nc1ccccc1. The number of rotatable bonds is 5. The van der Waals surface area contributed by atoms with E-state index in [1.807, 2.05) is 6.07 Å². The van der Waals surface area contributed by atoms with Crippen LogP contribution in [0.25, 0.3) is 0 Å². The summed E-state index contributed by atoms with van der Waals surface area (Å²) in [6, 6.07) is 14.2. The van der Waals surface area contributed by atoms with Gasteiger partial charge >= 0.3 is 5.97 Å². The molecule has 8 heteroatoms. The number of anilines is 2. The van der Waals surface area contributed by atoms with Crippen LogP contribution in [0.15, 0.2) is 48.5 Å². The van der Waals surface area contributed by atoms with Crippen molar-refractivity contribution in [1.29, 1.82) is 0 Å². The fourth-order valence-corrected chi connectivity index (χ4v) is 3.40. The summed E-state index contributed by atoms with van der Waals surface area (Å²) >= 11 is 0. The number of para-hydroxylation sites is 1. The first-order valence-corrected chi connectivity index (χ1v) is 9.77. The number of carbonyl (C=O) groups is 3. The fraction of sp³-hybridized carbons (Fsp3) is 0.318. The minimum atomic E-state index is -0.976. The molecule has 0 aromatic heterocycles. The molecule has 2 aromatic rings. The Bertz CT molecular complexity index is 961. The lowest BCUT2D eigenvalue weighted by Gasteiger charge is -2.22. The lowest BCUT2D eigenvalue weighted by Crippen LogP contribution is -2.33. The predicted molar refractivity (Wildman–Crippen MR) is 109 cm³/mol. The van der Waals surface area contributed by atoms with Gasteiger partial charge < -0.3 is 24.4 Å². The molecule has 2 aliphatic rings. The normalized spacial score (nSPS) is 18.6. The molecule has 0 saturated carbocycles. The third-order valence-electron chi connectivity index (χ3n) is 5.00. The van der Waals surface area contributed by atoms with Crippen molar-refractivity contribution < 1.29 is 28.6 Å². The summed E-state index contributed by atoms with van der Waals surface area (Å²) in [4.78, 5) is 38.8. The first kappa shape index (κ1) is 19.8. The Labute approximate surface area is 173 Å². The molecule has 1 N–H and O–H groups in total. The number of benzene rings is 2. The van der Waals surface area contributed by atoms with Crippen LogP contribution in [0, 0.1) is 5.92 Å². The van der Waals surface area contributed by atoms with Crippen LogP contribution in [0.1, 0.15) is 13.3 Å². The van der Waals surface area contributed by atoms with Gasteiger partial charge in [-0.3, -0.25) is 14.4 Å². The molecule has 0 unspecified atom stereocenters. The van der Waals surface area contributed by atoms with Crippen molar-refractivity contribution in [2.24, 2.45) is 5.92 Å². The third kappa shape index (κ3) is 4.22. The zero-order valence-corrected chi connectivity index (χ0v) is 16.5. The molecule has 2 amide bonds. The van der Waals surface area contributed by atoms with E-state index in [1.54, 1.807) is 42.5 Å². The smallest absolute Gasteiger partial charge is 0.312 e. The van der Waals surface area contributed by atoms with Gasteiger partial charge in [0.1, 0.15) is 13.2 Å². The Morgan fingerprint density at radius 1 is 1.10 bits per heavy atom. The van der Waals surface area contributed by atoms with Crippen LogP contribution in [0.2, 0.25) is 0 Å². The Morgan fingerprint density at radius 3 is 2.60 bits per heavy atom. The second-order valence-electron chi connectivity index (χ2n) is 7.17. The van der Waals surface area contributed by atoms with Gasteiger partial charge in [-0.2, -0.15) is 0 Å². The van der Waals surface area contributed by atoms with Crippen molar-refractivity contribution >= 4 is 29.2 Å².